The molecule has 1 aliphatic rings. The monoisotopic (exact) mass is 379 g/mol. The molecule has 3 N–H and O–H groups in total. The van der Waals surface area contributed by atoms with Crippen LogP contribution in [-0.4, -0.2) is 18.1 Å². The van der Waals surface area contributed by atoms with Gasteiger partial charge in [-0.05, 0) is 30.5 Å². The van der Waals surface area contributed by atoms with Gasteiger partial charge in [-0.1, -0.05) is 30.3 Å². The second-order valence-electron chi connectivity index (χ2n) is 6.26. The summed E-state index contributed by atoms with van der Waals surface area (Å²) in [5, 5.41) is 19.7. The molecule has 1 heterocycles. The van der Waals surface area contributed by atoms with Gasteiger partial charge in [-0.25, -0.2) is 4.98 Å². The first-order valence-corrected chi connectivity index (χ1v) is 9.49. The molecule has 2 aromatic rings. The van der Waals surface area contributed by atoms with Crippen molar-refractivity contribution < 1.29 is 14.5 Å². The topological polar surface area (TPSA) is 114 Å². The van der Waals surface area contributed by atoms with E-state index in [0.29, 0.717) is 33.9 Å². The lowest BCUT2D eigenvalue weighted by Crippen LogP contribution is -2.25. The number of carbonyl (C=O) groups is 1. The predicted molar refractivity (Wildman–Crippen MR) is 102 cm³/mol. The predicted octanol–water partition coefficient (Wildman–Crippen LogP) is 3.11. The Morgan fingerprint density at radius 3 is 2.48 bits per heavy atom. The number of hydrogen-bond acceptors (Lipinski definition) is 6. The van der Waals surface area contributed by atoms with Gasteiger partial charge in [0.1, 0.15) is 34.8 Å². The van der Waals surface area contributed by atoms with E-state index in [9.17, 15) is 15.3 Å². The van der Waals surface area contributed by atoms with Crippen molar-refractivity contribution in [3.63, 3.8) is 0 Å². The number of pyridine rings is 1. The summed E-state index contributed by atoms with van der Waals surface area (Å²) in [5.74, 6) is 1.05. The molecule has 1 aromatic heterocycles. The van der Waals surface area contributed by atoms with Crippen LogP contribution in [0.1, 0.15) is 36.8 Å². The molecule has 1 aromatic carbocycles. The van der Waals surface area contributed by atoms with Crippen LogP contribution in [0.4, 0.5) is 5.82 Å². The Morgan fingerprint density at radius 1 is 1.19 bits per heavy atom. The van der Waals surface area contributed by atoms with E-state index in [4.69, 9.17) is 10.5 Å². The normalized spacial score (nSPS) is 16.4. The number of nitrogens with zero attached hydrogens (tertiary/aromatic N) is 2. The lowest BCUT2D eigenvalue weighted by Gasteiger charge is -2.19. The van der Waals surface area contributed by atoms with Crippen molar-refractivity contribution in [1.82, 2.24) is 0 Å². The second-order valence-corrected chi connectivity index (χ2v) is 7.48. The summed E-state index contributed by atoms with van der Waals surface area (Å²) in [4.78, 5) is 15.2. The van der Waals surface area contributed by atoms with E-state index in [1.165, 1.54) is 11.8 Å². The largest absolute Gasteiger partial charge is 0.497 e. The highest BCUT2D eigenvalue weighted by Gasteiger charge is 2.29. The van der Waals surface area contributed by atoms with E-state index >= 15 is 0 Å². The van der Waals surface area contributed by atoms with Crippen LogP contribution in [0.25, 0.3) is 11.1 Å². The number of ketones is 1. The molecule has 1 fully saturated rings. The van der Waals surface area contributed by atoms with E-state index in [0.717, 1.165) is 19.3 Å². The number of H-pyrrole nitrogens is 1. The van der Waals surface area contributed by atoms with E-state index in [1.54, 1.807) is 31.4 Å². The van der Waals surface area contributed by atoms with Crippen molar-refractivity contribution in [1.29, 1.82) is 10.5 Å². The molecule has 7 heteroatoms. The number of nitrogens with two attached hydrogens (primary N) is 1. The maximum atomic E-state index is 12.2. The standard InChI is InChI=1S/C20H18N4O2S/c1-26-13-8-6-12(7-9-13)18-14(10-21)19(23)24-20(15(18)11-22)27-17-5-3-2-4-16(17)25/h6-9,17H,2-5H2,1H3,(H2,23,24)/p+1/t17-/m0/s1. The number of rotatable bonds is 4. The SMILES string of the molecule is COc1ccc(-c2c(C#N)c(N)[nH+]c(S[C@H]3CCCCC3=O)c2C#N)cc1. The number of Topliss-reactive ketones (excluding diaryl/α,β-unsaturated/α-hetero) is 1. The van der Waals surface area contributed by atoms with Crippen molar-refractivity contribution in [3.05, 3.63) is 35.4 Å². The number of ether oxygens (including phenoxy) is 1. The molecule has 0 aliphatic heterocycles. The Bertz CT molecular complexity index is 958. The molecule has 1 saturated carbocycles. The van der Waals surface area contributed by atoms with E-state index < -0.39 is 0 Å². The quantitative estimate of drug-likeness (QED) is 0.873. The summed E-state index contributed by atoms with van der Waals surface area (Å²) >= 11 is 1.33. The fourth-order valence-electron chi connectivity index (χ4n) is 3.20. The van der Waals surface area contributed by atoms with Crippen LogP contribution in [0.3, 0.4) is 0 Å². The number of hydrogen-bond donors (Lipinski definition) is 1. The Balaban J connectivity index is 2.13. The Labute approximate surface area is 162 Å². The molecular weight excluding hydrogens is 360 g/mol. The van der Waals surface area contributed by atoms with Gasteiger partial charge in [0, 0.05) is 12.0 Å². The molecule has 27 heavy (non-hydrogen) atoms. The van der Waals surface area contributed by atoms with Gasteiger partial charge in [-0.2, -0.15) is 10.5 Å². The third-order valence-electron chi connectivity index (χ3n) is 4.61. The number of thioether (sulfide) groups is 1. The van der Waals surface area contributed by atoms with Gasteiger partial charge >= 0.3 is 0 Å². The van der Waals surface area contributed by atoms with Gasteiger partial charge in [0.05, 0.1) is 12.4 Å². The highest BCUT2D eigenvalue weighted by Crippen LogP contribution is 2.37. The molecule has 0 amide bonds. The number of nitriles is 2. The van der Waals surface area contributed by atoms with Gasteiger partial charge < -0.3 is 4.74 Å². The number of methoxy groups -OCH3 is 1. The maximum absolute atomic E-state index is 12.2. The van der Waals surface area contributed by atoms with Gasteiger partial charge in [-0.3, -0.25) is 10.5 Å². The van der Waals surface area contributed by atoms with Crippen molar-refractivity contribution >= 4 is 23.4 Å². The van der Waals surface area contributed by atoms with E-state index in [1.807, 2.05) is 0 Å². The molecule has 0 spiro atoms. The maximum Gasteiger partial charge on any atom is 0.289 e. The van der Waals surface area contributed by atoms with Crippen molar-refractivity contribution in [3.8, 4) is 29.0 Å². The van der Waals surface area contributed by atoms with Gasteiger partial charge in [-0.15, -0.1) is 0 Å². The second kappa shape index (κ2) is 8.11. The number of nitrogens with one attached hydrogen (secondary N) is 1. The first-order chi connectivity index (χ1) is 13.1. The smallest absolute Gasteiger partial charge is 0.289 e. The Morgan fingerprint density at radius 2 is 1.89 bits per heavy atom. The molecule has 136 valence electrons. The fraction of sp³-hybridized carbons (Fsp3) is 0.300. The molecular formula is C20H19N4O2S+. The number of aromatic amines is 1. The van der Waals surface area contributed by atoms with Crippen LogP contribution < -0.4 is 15.5 Å². The third kappa shape index (κ3) is 3.74. The minimum absolute atomic E-state index is 0.188. The van der Waals surface area contributed by atoms with Crippen molar-refractivity contribution in [2.24, 2.45) is 0 Å². The van der Waals surface area contributed by atoms with E-state index in [-0.39, 0.29) is 22.4 Å². The third-order valence-corrected chi connectivity index (χ3v) is 5.93. The number of anilines is 1. The van der Waals surface area contributed by atoms with Crippen LogP contribution >= 0.6 is 11.8 Å². The summed E-state index contributed by atoms with van der Waals surface area (Å²) in [6.07, 6.45) is 3.25. The molecule has 0 bridgehead atoms. The van der Waals surface area contributed by atoms with Crippen LogP contribution in [0.5, 0.6) is 5.75 Å². The van der Waals surface area contributed by atoms with Gasteiger partial charge in [0.15, 0.2) is 5.03 Å². The molecule has 1 aliphatic carbocycles. The van der Waals surface area contributed by atoms with Crippen LogP contribution in [0, 0.1) is 22.7 Å². The number of aromatic nitrogens is 1. The molecule has 6 nitrogen and oxygen atoms in total. The van der Waals surface area contributed by atoms with Crippen molar-refractivity contribution in [2.45, 2.75) is 36.0 Å². The van der Waals surface area contributed by atoms with Crippen LogP contribution in [0.15, 0.2) is 29.3 Å². The zero-order chi connectivity index (χ0) is 19.4. The molecule has 0 unspecified atom stereocenters. The number of nitrogen functional groups attached to an aromatic ring is 1. The Hall–Kier alpha value is -3.03. The summed E-state index contributed by atoms with van der Waals surface area (Å²) in [7, 11) is 1.57. The number of carbonyl (C=O) groups excluding carboxylic acids is 1. The van der Waals surface area contributed by atoms with E-state index in [2.05, 4.69) is 17.1 Å². The fourth-order valence-corrected chi connectivity index (χ4v) is 4.45. The highest BCUT2D eigenvalue weighted by atomic mass is 32.2. The summed E-state index contributed by atoms with van der Waals surface area (Å²) in [6.45, 7) is 0. The average Bonchev–Trinajstić information content (AvgIpc) is 2.69. The molecule has 0 saturated heterocycles. The zero-order valence-electron chi connectivity index (χ0n) is 14.9. The lowest BCUT2D eigenvalue weighted by molar-refractivity contribution is -0.410. The first-order valence-electron chi connectivity index (χ1n) is 8.61. The average molecular weight is 379 g/mol. The summed E-state index contributed by atoms with van der Waals surface area (Å²) < 4.78 is 5.18. The van der Waals surface area contributed by atoms with Gasteiger partial charge in [0.25, 0.3) is 5.82 Å². The highest BCUT2D eigenvalue weighted by molar-refractivity contribution is 8.00. The summed E-state index contributed by atoms with van der Waals surface area (Å²) in [6, 6.07) is 11.4. The molecule has 0 radical (unpaired) electrons. The lowest BCUT2D eigenvalue weighted by atomic mass is 9.97. The van der Waals surface area contributed by atoms with Crippen LogP contribution in [-0.2, 0) is 4.79 Å². The summed E-state index contributed by atoms with van der Waals surface area (Å²) in [5.41, 5.74) is 7.80. The Kier molecular flexibility index (Phi) is 5.63. The number of benzene rings is 1. The minimum Gasteiger partial charge on any atom is -0.497 e. The van der Waals surface area contributed by atoms with Crippen molar-refractivity contribution in [2.75, 3.05) is 12.8 Å². The zero-order valence-corrected chi connectivity index (χ0v) is 15.7. The van der Waals surface area contributed by atoms with Crippen LogP contribution in [0.2, 0.25) is 0 Å². The molecule has 1 atom stereocenters. The molecule has 3 rings (SSSR count). The van der Waals surface area contributed by atoms with Gasteiger partial charge in [0.2, 0.25) is 0 Å². The minimum atomic E-state index is -0.196. The first kappa shape index (κ1) is 18.8.